The van der Waals surface area contributed by atoms with Crippen molar-refractivity contribution in [3.8, 4) is 11.5 Å². The molecule has 3 rings (SSSR count). The first-order valence-corrected chi connectivity index (χ1v) is 12.4. The standard InChI is InChI=1S/C22H28N2O8S/c1-5-24(17-8-9-33(27,28)13-17)21(25)12-31-22(26)16-6-7-19(20(10-16)29-4)30-11-18-14(2)23-32-15(18)3/h6-7,10,17H,5,8-9,11-13H2,1-4H3/t17-/m1/s1. The zero-order valence-electron chi connectivity index (χ0n) is 19.1. The Morgan fingerprint density at radius 1 is 1.24 bits per heavy atom. The van der Waals surface area contributed by atoms with Crippen LogP contribution in [0.25, 0.3) is 0 Å². The van der Waals surface area contributed by atoms with Crippen LogP contribution in [-0.4, -0.2) is 68.2 Å². The van der Waals surface area contributed by atoms with E-state index in [9.17, 15) is 18.0 Å². The van der Waals surface area contributed by atoms with E-state index in [0.29, 0.717) is 30.2 Å². The first-order chi connectivity index (χ1) is 15.6. The summed E-state index contributed by atoms with van der Waals surface area (Å²) in [7, 11) is -1.68. The molecule has 2 heterocycles. The monoisotopic (exact) mass is 480 g/mol. The van der Waals surface area contributed by atoms with Crippen molar-refractivity contribution in [3.05, 3.63) is 40.8 Å². The summed E-state index contributed by atoms with van der Waals surface area (Å²) >= 11 is 0. The van der Waals surface area contributed by atoms with Gasteiger partial charge >= 0.3 is 5.97 Å². The van der Waals surface area contributed by atoms with Crippen LogP contribution in [0.2, 0.25) is 0 Å². The summed E-state index contributed by atoms with van der Waals surface area (Å²) in [5.74, 6) is 0.276. The molecule has 0 unspecified atom stereocenters. The maximum atomic E-state index is 12.5. The predicted octanol–water partition coefficient (Wildman–Crippen LogP) is 2.07. The van der Waals surface area contributed by atoms with Gasteiger partial charge in [-0.2, -0.15) is 0 Å². The second kappa shape index (κ2) is 10.2. The third-order valence-electron chi connectivity index (χ3n) is 5.59. The zero-order valence-corrected chi connectivity index (χ0v) is 19.9. The molecule has 1 aromatic heterocycles. The highest BCUT2D eigenvalue weighted by Crippen LogP contribution is 2.30. The van der Waals surface area contributed by atoms with Crippen molar-refractivity contribution in [1.82, 2.24) is 10.1 Å². The van der Waals surface area contributed by atoms with Crippen molar-refractivity contribution in [2.75, 3.05) is 31.8 Å². The van der Waals surface area contributed by atoms with Crippen LogP contribution in [-0.2, 0) is 26.0 Å². The molecule has 0 N–H and O–H groups in total. The van der Waals surface area contributed by atoms with E-state index in [2.05, 4.69) is 5.16 Å². The Morgan fingerprint density at radius 3 is 2.58 bits per heavy atom. The lowest BCUT2D eigenvalue weighted by Gasteiger charge is -2.26. The second-order valence-corrected chi connectivity index (χ2v) is 10.00. The molecule has 1 amide bonds. The van der Waals surface area contributed by atoms with E-state index in [4.69, 9.17) is 18.7 Å². The molecule has 1 aliphatic rings. The summed E-state index contributed by atoms with van der Waals surface area (Å²) in [6, 6.07) is 4.17. The van der Waals surface area contributed by atoms with Crippen molar-refractivity contribution in [2.24, 2.45) is 0 Å². The summed E-state index contributed by atoms with van der Waals surface area (Å²) in [5.41, 5.74) is 1.75. The lowest BCUT2D eigenvalue weighted by Crippen LogP contribution is -2.43. The summed E-state index contributed by atoms with van der Waals surface area (Å²) < 4.78 is 44.9. The van der Waals surface area contributed by atoms with Crippen LogP contribution in [0.1, 0.15) is 40.7 Å². The number of aromatic nitrogens is 1. The number of hydrogen-bond donors (Lipinski definition) is 0. The third kappa shape index (κ3) is 5.84. The first kappa shape index (κ1) is 24.6. The molecule has 1 saturated heterocycles. The van der Waals surface area contributed by atoms with Crippen LogP contribution >= 0.6 is 0 Å². The topological polar surface area (TPSA) is 125 Å². The smallest absolute Gasteiger partial charge is 0.338 e. The van der Waals surface area contributed by atoms with Gasteiger partial charge in [0.1, 0.15) is 12.4 Å². The van der Waals surface area contributed by atoms with E-state index in [-0.39, 0.29) is 29.7 Å². The number of amides is 1. The maximum Gasteiger partial charge on any atom is 0.338 e. The number of benzene rings is 1. The fraction of sp³-hybridized carbons (Fsp3) is 0.500. The molecule has 2 aromatic rings. The van der Waals surface area contributed by atoms with Crippen molar-refractivity contribution < 1.29 is 36.7 Å². The number of nitrogens with zero attached hydrogens (tertiary/aromatic N) is 2. The molecule has 0 radical (unpaired) electrons. The van der Waals surface area contributed by atoms with E-state index >= 15 is 0 Å². The largest absolute Gasteiger partial charge is 0.493 e. The van der Waals surface area contributed by atoms with Crippen molar-refractivity contribution in [3.63, 3.8) is 0 Å². The lowest BCUT2D eigenvalue weighted by molar-refractivity contribution is -0.136. The second-order valence-electron chi connectivity index (χ2n) is 7.77. The van der Waals surface area contributed by atoms with E-state index in [1.54, 1.807) is 19.9 Å². The number of rotatable bonds is 9. The molecule has 1 atom stereocenters. The molecule has 1 fully saturated rings. The van der Waals surface area contributed by atoms with Gasteiger partial charge in [0.05, 0.1) is 35.4 Å². The maximum absolute atomic E-state index is 12.5. The van der Waals surface area contributed by atoms with E-state index in [1.165, 1.54) is 24.1 Å². The van der Waals surface area contributed by atoms with Gasteiger partial charge in [0, 0.05) is 12.6 Å². The molecule has 0 spiro atoms. The molecule has 0 saturated carbocycles. The number of methoxy groups -OCH3 is 1. The van der Waals surface area contributed by atoms with Gasteiger partial charge in [-0.25, -0.2) is 13.2 Å². The van der Waals surface area contributed by atoms with Crippen molar-refractivity contribution >= 4 is 21.7 Å². The van der Waals surface area contributed by atoms with Gasteiger partial charge < -0.3 is 23.6 Å². The Morgan fingerprint density at radius 2 is 2.00 bits per heavy atom. The quantitative estimate of drug-likeness (QED) is 0.496. The molecule has 0 aliphatic carbocycles. The summed E-state index contributed by atoms with van der Waals surface area (Å²) in [5, 5.41) is 3.89. The van der Waals surface area contributed by atoms with Gasteiger partial charge in [-0.05, 0) is 45.4 Å². The minimum atomic E-state index is -3.13. The van der Waals surface area contributed by atoms with E-state index in [1.807, 2.05) is 6.92 Å². The number of ether oxygens (including phenoxy) is 3. The molecule has 11 heteroatoms. The van der Waals surface area contributed by atoms with Crippen LogP contribution in [0, 0.1) is 13.8 Å². The highest BCUT2D eigenvalue weighted by Gasteiger charge is 2.34. The van der Waals surface area contributed by atoms with Gasteiger partial charge in [0.15, 0.2) is 27.9 Å². The molecule has 0 bridgehead atoms. The minimum absolute atomic E-state index is 0.0612. The van der Waals surface area contributed by atoms with Gasteiger partial charge in [0.25, 0.3) is 5.91 Å². The summed E-state index contributed by atoms with van der Waals surface area (Å²) in [6.07, 6.45) is 0.391. The molecule has 10 nitrogen and oxygen atoms in total. The molecular weight excluding hydrogens is 452 g/mol. The van der Waals surface area contributed by atoms with Gasteiger partial charge in [0.2, 0.25) is 0 Å². The van der Waals surface area contributed by atoms with E-state index in [0.717, 1.165) is 11.3 Å². The van der Waals surface area contributed by atoms with Gasteiger partial charge in [-0.3, -0.25) is 4.79 Å². The summed E-state index contributed by atoms with van der Waals surface area (Å²) in [4.78, 5) is 26.5. The van der Waals surface area contributed by atoms with Crippen LogP contribution in [0.4, 0.5) is 0 Å². The molecule has 180 valence electrons. The van der Waals surface area contributed by atoms with E-state index < -0.39 is 28.3 Å². The third-order valence-corrected chi connectivity index (χ3v) is 7.34. The Balaban J connectivity index is 1.61. The number of hydrogen-bond acceptors (Lipinski definition) is 9. The van der Waals surface area contributed by atoms with Crippen molar-refractivity contribution in [1.29, 1.82) is 0 Å². The SMILES string of the molecule is CCN(C(=O)COC(=O)c1ccc(OCc2c(C)noc2C)c(OC)c1)[C@@H]1CCS(=O)(=O)C1. The first-order valence-electron chi connectivity index (χ1n) is 10.5. The fourth-order valence-electron chi connectivity index (χ4n) is 3.72. The Kier molecular flexibility index (Phi) is 7.62. The average Bonchev–Trinajstić information content (AvgIpc) is 3.31. The van der Waals surface area contributed by atoms with Crippen LogP contribution in [0.5, 0.6) is 11.5 Å². The van der Waals surface area contributed by atoms with Crippen LogP contribution in [0.3, 0.4) is 0 Å². The number of carbonyl (C=O) groups excluding carboxylic acids is 2. The Hall–Kier alpha value is -3.08. The number of likely N-dealkylation sites (N-methyl/N-ethyl adjacent to an activating group) is 1. The van der Waals surface area contributed by atoms with Gasteiger partial charge in [-0.15, -0.1) is 0 Å². The number of aryl methyl sites for hydroxylation is 2. The van der Waals surface area contributed by atoms with Gasteiger partial charge in [-0.1, -0.05) is 5.16 Å². The number of esters is 1. The highest BCUT2D eigenvalue weighted by molar-refractivity contribution is 7.91. The Labute approximate surface area is 192 Å². The lowest BCUT2D eigenvalue weighted by atomic mass is 10.2. The molecule has 1 aliphatic heterocycles. The normalized spacial score (nSPS) is 16.9. The molecule has 33 heavy (non-hydrogen) atoms. The zero-order chi connectivity index (χ0) is 24.2. The summed E-state index contributed by atoms with van der Waals surface area (Å²) in [6.45, 7) is 5.45. The predicted molar refractivity (Wildman–Crippen MR) is 118 cm³/mol. The number of carbonyl (C=O) groups is 2. The Bertz CT molecular complexity index is 1110. The van der Waals surface area contributed by atoms with Crippen molar-refractivity contribution in [2.45, 2.75) is 39.8 Å². The van der Waals surface area contributed by atoms with Crippen LogP contribution in [0.15, 0.2) is 22.7 Å². The highest BCUT2D eigenvalue weighted by atomic mass is 32.2. The van der Waals surface area contributed by atoms with Crippen LogP contribution < -0.4 is 9.47 Å². The number of sulfone groups is 1. The minimum Gasteiger partial charge on any atom is -0.493 e. The molecule has 1 aromatic carbocycles. The molecular formula is C22H28N2O8S. The fourth-order valence-corrected chi connectivity index (χ4v) is 5.46. The average molecular weight is 481 g/mol.